The van der Waals surface area contributed by atoms with Crippen LogP contribution in [0.15, 0.2) is 11.6 Å². The summed E-state index contributed by atoms with van der Waals surface area (Å²) in [6.45, 7) is 5.07. The van der Waals surface area contributed by atoms with Crippen molar-refractivity contribution in [1.29, 1.82) is 0 Å². The Kier molecular flexibility index (Phi) is 9.57. The van der Waals surface area contributed by atoms with Gasteiger partial charge in [0.25, 0.3) is 0 Å². The van der Waals surface area contributed by atoms with Crippen molar-refractivity contribution in [3.63, 3.8) is 0 Å². The minimum absolute atomic E-state index is 0.164. The molecule has 19 atom stereocenters. The molecule has 3 heterocycles. The van der Waals surface area contributed by atoms with E-state index in [0.29, 0.717) is 44.9 Å². The topological polar surface area (TPSA) is 245 Å². The lowest BCUT2D eigenvalue weighted by molar-refractivity contribution is -0.362. The number of cyclic esters (lactones) is 1. The lowest BCUT2D eigenvalue weighted by Crippen LogP contribution is -2.70. The molecular weight excluding hydrogens is 660 g/mol. The van der Waals surface area contributed by atoms with Gasteiger partial charge >= 0.3 is 5.97 Å². The fourth-order valence-electron chi connectivity index (χ4n) is 11.3. The van der Waals surface area contributed by atoms with Crippen molar-refractivity contribution in [2.24, 2.45) is 28.6 Å². The molecular formula is C35H54O15. The monoisotopic (exact) mass is 714 g/mol. The highest BCUT2D eigenvalue weighted by Crippen LogP contribution is 2.70. The SMILES string of the molecule is C[C@H]1O[C@@H](O[C@H]2CC[C@]3(C)C4C[C@@H](O)[C@]5(C)[C@@H](C6=CC(=O)OC6)CC[C@]5(O)C4CC[C@]3(O)C2)[C@H](O)[C@H](O)[C@@H]1O[C@@H]1O[C@H](CO)[C@@H](O)[C@H](O)[C@H]1O. The van der Waals surface area contributed by atoms with Crippen LogP contribution < -0.4 is 0 Å². The average molecular weight is 715 g/mol. The number of rotatable bonds is 6. The van der Waals surface area contributed by atoms with E-state index in [1.807, 2.05) is 13.8 Å². The van der Waals surface area contributed by atoms with E-state index < -0.39 is 108 Å². The molecule has 0 aromatic heterocycles. The number of carbonyl (C=O) groups is 1. The first kappa shape index (κ1) is 37.0. The van der Waals surface area contributed by atoms with Crippen LogP contribution in [0.2, 0.25) is 0 Å². The Bertz CT molecular complexity index is 1330. The minimum Gasteiger partial charge on any atom is -0.458 e. The number of ether oxygens (including phenoxy) is 5. The second-order valence-corrected chi connectivity index (χ2v) is 16.6. The van der Waals surface area contributed by atoms with Crippen molar-refractivity contribution >= 4 is 5.97 Å². The van der Waals surface area contributed by atoms with Crippen molar-refractivity contribution in [3.8, 4) is 0 Å². The Hall–Kier alpha value is -1.31. The Morgan fingerprint density at radius 1 is 0.840 bits per heavy atom. The van der Waals surface area contributed by atoms with Gasteiger partial charge in [-0.3, -0.25) is 0 Å². The molecule has 0 aromatic rings. The number of carbonyl (C=O) groups excluding carboxylic acids is 1. The van der Waals surface area contributed by atoms with E-state index in [-0.39, 0.29) is 30.8 Å². The van der Waals surface area contributed by atoms with Gasteiger partial charge in [0.1, 0.15) is 49.3 Å². The van der Waals surface area contributed by atoms with E-state index in [1.54, 1.807) is 6.92 Å². The average Bonchev–Trinajstić information content (AvgIpc) is 3.63. The van der Waals surface area contributed by atoms with Crippen LogP contribution in [0, 0.1) is 28.6 Å². The molecule has 6 fully saturated rings. The largest absolute Gasteiger partial charge is 0.458 e. The summed E-state index contributed by atoms with van der Waals surface area (Å²) in [4.78, 5) is 11.9. The predicted molar refractivity (Wildman–Crippen MR) is 168 cm³/mol. The summed E-state index contributed by atoms with van der Waals surface area (Å²) < 4.78 is 28.5. The lowest BCUT2D eigenvalue weighted by atomic mass is 9.41. The number of hydrogen-bond donors (Lipinski definition) is 9. The molecule has 0 amide bonds. The zero-order valence-electron chi connectivity index (χ0n) is 28.8. The fourth-order valence-corrected chi connectivity index (χ4v) is 11.3. The molecule has 4 aliphatic carbocycles. The van der Waals surface area contributed by atoms with Gasteiger partial charge in [-0.25, -0.2) is 4.79 Å². The van der Waals surface area contributed by atoms with Gasteiger partial charge in [0.15, 0.2) is 12.6 Å². The van der Waals surface area contributed by atoms with Gasteiger partial charge in [0.05, 0.1) is 36.1 Å². The van der Waals surface area contributed by atoms with E-state index in [0.717, 1.165) is 5.57 Å². The second kappa shape index (κ2) is 12.9. The highest BCUT2D eigenvalue weighted by atomic mass is 16.7. The summed E-state index contributed by atoms with van der Waals surface area (Å²) in [6.07, 6.45) is -10.5. The third-order valence-electron chi connectivity index (χ3n) is 14.4. The maximum Gasteiger partial charge on any atom is 0.331 e. The molecule has 15 heteroatoms. The van der Waals surface area contributed by atoms with Crippen molar-refractivity contribution in [3.05, 3.63) is 11.6 Å². The van der Waals surface area contributed by atoms with Gasteiger partial charge in [0, 0.05) is 17.9 Å². The van der Waals surface area contributed by atoms with Crippen molar-refractivity contribution in [2.45, 2.75) is 157 Å². The molecule has 0 bridgehead atoms. The van der Waals surface area contributed by atoms with E-state index in [1.165, 1.54) is 6.08 Å². The van der Waals surface area contributed by atoms with Gasteiger partial charge in [-0.2, -0.15) is 0 Å². The van der Waals surface area contributed by atoms with Crippen LogP contribution in [-0.2, 0) is 28.5 Å². The van der Waals surface area contributed by atoms with Gasteiger partial charge in [-0.15, -0.1) is 0 Å². The number of aliphatic hydroxyl groups excluding tert-OH is 7. The van der Waals surface area contributed by atoms with Crippen LogP contribution in [0.25, 0.3) is 0 Å². The lowest BCUT2D eigenvalue weighted by Gasteiger charge is -2.67. The first-order chi connectivity index (χ1) is 23.5. The predicted octanol–water partition coefficient (Wildman–Crippen LogP) is -1.63. The summed E-state index contributed by atoms with van der Waals surface area (Å²) in [5.41, 5.74) is -3.09. The molecule has 15 nitrogen and oxygen atoms in total. The first-order valence-electron chi connectivity index (χ1n) is 18.1. The number of esters is 1. The number of hydrogen-bond acceptors (Lipinski definition) is 15. The molecule has 2 saturated heterocycles. The standard InChI is InChI=1S/C35H54O15/c1-15-29(50-31-27(42)25(40)24(39)21(13-36)49-31)26(41)28(43)30(47-15)48-17-4-7-32(2)20-11-22(37)33(3)18(16-10-23(38)46-14-16)6-9-35(33,45)19(20)5-8-34(32,44)12-17/h10,15,17-22,24-31,36-37,39-45H,4-9,11-14H2,1-3H3/t15-,17+,18-,19?,20?,21-,22-,24-,25+,26+,27-,28-,29-,30+,31+,32-,33+,34+,35+/m1/s1. The zero-order chi connectivity index (χ0) is 36.1. The maximum absolute atomic E-state index is 12.5. The zero-order valence-corrected chi connectivity index (χ0v) is 28.8. The smallest absolute Gasteiger partial charge is 0.331 e. The van der Waals surface area contributed by atoms with Crippen molar-refractivity contribution in [2.75, 3.05) is 13.2 Å². The molecule has 7 aliphatic rings. The number of fused-ring (bicyclic) bond motifs is 5. The summed E-state index contributed by atoms with van der Waals surface area (Å²) in [5, 5.41) is 98.9. The second-order valence-electron chi connectivity index (χ2n) is 16.6. The van der Waals surface area contributed by atoms with E-state index in [4.69, 9.17) is 23.7 Å². The Balaban J connectivity index is 1.02. The molecule has 0 spiro atoms. The summed E-state index contributed by atoms with van der Waals surface area (Å²) in [6, 6.07) is 0. The van der Waals surface area contributed by atoms with E-state index >= 15 is 0 Å². The molecule has 3 aliphatic heterocycles. The Morgan fingerprint density at radius 3 is 2.22 bits per heavy atom. The van der Waals surface area contributed by atoms with Crippen LogP contribution >= 0.6 is 0 Å². The summed E-state index contributed by atoms with van der Waals surface area (Å²) in [7, 11) is 0. The Morgan fingerprint density at radius 2 is 1.54 bits per heavy atom. The minimum atomic E-state index is -1.70. The summed E-state index contributed by atoms with van der Waals surface area (Å²) >= 11 is 0. The fraction of sp³-hybridized carbons (Fsp3) is 0.914. The van der Waals surface area contributed by atoms with Crippen molar-refractivity contribution in [1.82, 2.24) is 0 Å². The van der Waals surface area contributed by atoms with Gasteiger partial charge in [0.2, 0.25) is 0 Å². The summed E-state index contributed by atoms with van der Waals surface area (Å²) in [5.74, 6) is -0.923. The molecule has 50 heavy (non-hydrogen) atoms. The van der Waals surface area contributed by atoms with Gasteiger partial charge in [-0.1, -0.05) is 13.8 Å². The van der Waals surface area contributed by atoms with Gasteiger partial charge < -0.3 is 69.6 Å². The van der Waals surface area contributed by atoms with Crippen LogP contribution in [0.4, 0.5) is 0 Å². The van der Waals surface area contributed by atoms with E-state index in [2.05, 4.69) is 0 Å². The highest BCUT2D eigenvalue weighted by molar-refractivity contribution is 5.85. The van der Waals surface area contributed by atoms with Crippen LogP contribution in [0.5, 0.6) is 0 Å². The highest BCUT2D eigenvalue weighted by Gasteiger charge is 2.73. The molecule has 2 unspecified atom stereocenters. The molecule has 0 aromatic carbocycles. The Labute approximate surface area is 290 Å². The first-order valence-corrected chi connectivity index (χ1v) is 18.1. The van der Waals surface area contributed by atoms with Crippen LogP contribution in [0.3, 0.4) is 0 Å². The third-order valence-corrected chi connectivity index (χ3v) is 14.4. The van der Waals surface area contributed by atoms with Crippen LogP contribution in [0.1, 0.15) is 72.1 Å². The number of aliphatic hydroxyl groups is 9. The molecule has 4 saturated carbocycles. The molecule has 0 radical (unpaired) electrons. The normalized spacial score (nSPS) is 56.6. The maximum atomic E-state index is 12.5. The van der Waals surface area contributed by atoms with Crippen molar-refractivity contribution < 1.29 is 74.4 Å². The molecule has 7 rings (SSSR count). The van der Waals surface area contributed by atoms with Crippen LogP contribution in [-0.4, -0.2) is 150 Å². The van der Waals surface area contributed by atoms with E-state index in [9.17, 15) is 50.8 Å². The quantitative estimate of drug-likeness (QED) is 0.111. The van der Waals surface area contributed by atoms with Gasteiger partial charge in [-0.05, 0) is 80.6 Å². The molecule has 284 valence electrons. The molecule has 9 N–H and O–H groups in total. The third kappa shape index (κ3) is 5.37.